The van der Waals surface area contributed by atoms with Crippen molar-refractivity contribution in [2.75, 3.05) is 11.1 Å². The molecule has 0 fully saturated rings. The Morgan fingerprint density at radius 2 is 2.11 bits per heavy atom. The molecule has 0 aliphatic carbocycles. The number of nitrogens with zero attached hydrogens (tertiary/aromatic N) is 1. The Labute approximate surface area is 112 Å². The molecular weight excluding hydrogens is 238 g/mol. The van der Waals surface area contributed by atoms with Gasteiger partial charge in [-0.15, -0.1) is 0 Å². The summed E-state index contributed by atoms with van der Waals surface area (Å²) in [6.45, 7) is 4.03. The fraction of sp³-hybridized carbons (Fsp3) is 0.200. The molecule has 1 aromatic heterocycles. The monoisotopic (exact) mass is 255 g/mol. The maximum Gasteiger partial charge on any atom is 0.259 e. The predicted octanol–water partition coefficient (Wildman–Crippen LogP) is 2.79. The van der Waals surface area contributed by atoms with Crippen LogP contribution in [-0.4, -0.2) is 10.9 Å². The van der Waals surface area contributed by atoms with Gasteiger partial charge >= 0.3 is 0 Å². The van der Waals surface area contributed by atoms with E-state index in [9.17, 15) is 4.79 Å². The molecule has 2 aromatic rings. The van der Waals surface area contributed by atoms with Crippen LogP contribution in [0.3, 0.4) is 0 Å². The lowest BCUT2D eigenvalue weighted by Crippen LogP contribution is -2.16. The number of anilines is 2. The molecule has 0 unspecified atom stereocenters. The fourth-order valence-electron chi connectivity index (χ4n) is 1.99. The van der Waals surface area contributed by atoms with Crippen LogP contribution in [-0.2, 0) is 6.42 Å². The molecular formula is C15H17N3O. The predicted molar refractivity (Wildman–Crippen MR) is 77.2 cm³/mol. The Balaban J connectivity index is 2.32. The van der Waals surface area contributed by atoms with E-state index in [2.05, 4.69) is 17.2 Å². The van der Waals surface area contributed by atoms with E-state index in [1.165, 1.54) is 0 Å². The topological polar surface area (TPSA) is 68.0 Å². The Kier molecular flexibility index (Phi) is 3.80. The van der Waals surface area contributed by atoms with Gasteiger partial charge in [0.15, 0.2) is 0 Å². The zero-order valence-electron chi connectivity index (χ0n) is 11.1. The van der Waals surface area contributed by atoms with Crippen molar-refractivity contribution in [1.29, 1.82) is 0 Å². The minimum absolute atomic E-state index is 0.227. The summed E-state index contributed by atoms with van der Waals surface area (Å²) in [4.78, 5) is 16.1. The van der Waals surface area contributed by atoms with Gasteiger partial charge in [-0.25, -0.2) is 4.98 Å². The van der Waals surface area contributed by atoms with E-state index in [1.54, 1.807) is 18.3 Å². The standard InChI is InChI=1S/C15H17N3O/c1-3-11-7-4-6-10(2)13(11)18-15(19)12-8-5-9-17-14(12)16/h4-9H,3H2,1-2H3,(H2,16,17)(H,18,19). The number of nitrogens with two attached hydrogens (primary N) is 1. The van der Waals surface area contributed by atoms with Crippen molar-refractivity contribution in [3.8, 4) is 0 Å². The third kappa shape index (κ3) is 2.73. The largest absolute Gasteiger partial charge is 0.383 e. The highest BCUT2D eigenvalue weighted by atomic mass is 16.1. The molecule has 3 N–H and O–H groups in total. The summed E-state index contributed by atoms with van der Waals surface area (Å²) in [5, 5.41) is 2.93. The van der Waals surface area contributed by atoms with Gasteiger partial charge in [0.25, 0.3) is 5.91 Å². The van der Waals surface area contributed by atoms with Crippen molar-refractivity contribution < 1.29 is 4.79 Å². The third-order valence-electron chi connectivity index (χ3n) is 3.06. The summed E-state index contributed by atoms with van der Waals surface area (Å²) in [6.07, 6.45) is 2.43. The molecule has 4 nitrogen and oxygen atoms in total. The molecule has 2 rings (SSSR count). The van der Waals surface area contributed by atoms with Crippen molar-refractivity contribution in [2.24, 2.45) is 0 Å². The summed E-state index contributed by atoms with van der Waals surface area (Å²) in [5.74, 6) is 0.0150. The van der Waals surface area contributed by atoms with E-state index in [0.29, 0.717) is 5.56 Å². The number of carbonyl (C=O) groups is 1. The number of hydrogen-bond donors (Lipinski definition) is 2. The lowest BCUT2D eigenvalue weighted by molar-refractivity contribution is 0.102. The molecule has 19 heavy (non-hydrogen) atoms. The van der Waals surface area contributed by atoms with E-state index in [0.717, 1.165) is 23.2 Å². The van der Waals surface area contributed by atoms with E-state index in [4.69, 9.17) is 5.73 Å². The van der Waals surface area contributed by atoms with Crippen LogP contribution in [0.4, 0.5) is 11.5 Å². The number of nitrogen functional groups attached to an aromatic ring is 1. The number of amides is 1. The molecule has 4 heteroatoms. The smallest absolute Gasteiger partial charge is 0.259 e. The second-order valence-electron chi connectivity index (χ2n) is 4.35. The second-order valence-corrected chi connectivity index (χ2v) is 4.35. The highest BCUT2D eigenvalue weighted by Crippen LogP contribution is 2.22. The first-order valence-electron chi connectivity index (χ1n) is 6.23. The van der Waals surface area contributed by atoms with Gasteiger partial charge in [-0.3, -0.25) is 4.79 Å². The third-order valence-corrected chi connectivity index (χ3v) is 3.06. The van der Waals surface area contributed by atoms with Crippen LogP contribution in [0.2, 0.25) is 0 Å². The first-order valence-corrected chi connectivity index (χ1v) is 6.23. The van der Waals surface area contributed by atoms with Crippen LogP contribution in [0.1, 0.15) is 28.4 Å². The van der Waals surface area contributed by atoms with Gasteiger partial charge in [-0.1, -0.05) is 25.1 Å². The summed E-state index contributed by atoms with van der Waals surface area (Å²) in [6, 6.07) is 9.34. The molecule has 1 heterocycles. The van der Waals surface area contributed by atoms with E-state index >= 15 is 0 Å². The van der Waals surface area contributed by atoms with Gasteiger partial charge in [0.05, 0.1) is 5.56 Å². The molecule has 98 valence electrons. The molecule has 0 saturated carbocycles. The maximum absolute atomic E-state index is 12.2. The Bertz CT molecular complexity index is 608. The van der Waals surface area contributed by atoms with Crippen molar-refractivity contribution in [3.05, 3.63) is 53.2 Å². The first-order chi connectivity index (χ1) is 9.13. The molecule has 0 radical (unpaired) electrons. The summed E-state index contributed by atoms with van der Waals surface area (Å²) < 4.78 is 0. The Morgan fingerprint density at radius 3 is 2.79 bits per heavy atom. The number of nitrogens with one attached hydrogen (secondary N) is 1. The van der Waals surface area contributed by atoms with Gasteiger partial charge in [-0.05, 0) is 36.6 Å². The van der Waals surface area contributed by atoms with Crippen LogP contribution in [0.25, 0.3) is 0 Å². The van der Waals surface area contributed by atoms with Crippen LogP contribution in [0.15, 0.2) is 36.5 Å². The van der Waals surface area contributed by atoms with E-state index in [1.807, 2.05) is 25.1 Å². The number of aryl methyl sites for hydroxylation is 2. The molecule has 0 bridgehead atoms. The SMILES string of the molecule is CCc1cccc(C)c1NC(=O)c1cccnc1N. The lowest BCUT2D eigenvalue weighted by atomic mass is 10.1. The molecule has 0 saturated heterocycles. The average Bonchev–Trinajstić information content (AvgIpc) is 2.41. The number of hydrogen-bond acceptors (Lipinski definition) is 3. The highest BCUT2D eigenvalue weighted by molar-refractivity contribution is 6.07. The quantitative estimate of drug-likeness (QED) is 0.886. The van der Waals surface area contributed by atoms with Crippen LogP contribution >= 0.6 is 0 Å². The van der Waals surface area contributed by atoms with Gasteiger partial charge in [-0.2, -0.15) is 0 Å². The van der Waals surface area contributed by atoms with Crippen molar-refractivity contribution in [2.45, 2.75) is 20.3 Å². The number of carbonyl (C=O) groups excluding carboxylic acids is 1. The zero-order chi connectivity index (χ0) is 13.8. The average molecular weight is 255 g/mol. The number of benzene rings is 1. The Morgan fingerprint density at radius 1 is 1.32 bits per heavy atom. The van der Waals surface area contributed by atoms with Crippen molar-refractivity contribution in [3.63, 3.8) is 0 Å². The second kappa shape index (κ2) is 5.52. The molecule has 0 aliphatic rings. The van der Waals surface area contributed by atoms with Gasteiger partial charge in [0.2, 0.25) is 0 Å². The van der Waals surface area contributed by atoms with Crippen LogP contribution < -0.4 is 11.1 Å². The number of rotatable bonds is 3. The minimum atomic E-state index is -0.227. The molecule has 1 amide bonds. The molecule has 0 spiro atoms. The fourth-order valence-corrected chi connectivity index (χ4v) is 1.99. The maximum atomic E-state index is 12.2. The van der Waals surface area contributed by atoms with Gasteiger partial charge in [0.1, 0.15) is 5.82 Å². The molecule has 0 aliphatic heterocycles. The summed E-state index contributed by atoms with van der Waals surface area (Å²) in [5.41, 5.74) is 9.11. The number of para-hydroxylation sites is 1. The summed E-state index contributed by atoms with van der Waals surface area (Å²) >= 11 is 0. The van der Waals surface area contributed by atoms with Crippen molar-refractivity contribution in [1.82, 2.24) is 4.98 Å². The highest BCUT2D eigenvalue weighted by Gasteiger charge is 2.13. The van der Waals surface area contributed by atoms with Gasteiger partial charge < -0.3 is 11.1 Å². The van der Waals surface area contributed by atoms with E-state index in [-0.39, 0.29) is 11.7 Å². The number of pyridine rings is 1. The molecule has 0 atom stereocenters. The normalized spacial score (nSPS) is 10.2. The van der Waals surface area contributed by atoms with Gasteiger partial charge in [0, 0.05) is 11.9 Å². The first kappa shape index (κ1) is 13.1. The zero-order valence-corrected chi connectivity index (χ0v) is 11.1. The van der Waals surface area contributed by atoms with Crippen LogP contribution in [0, 0.1) is 6.92 Å². The van der Waals surface area contributed by atoms with Crippen LogP contribution in [0.5, 0.6) is 0 Å². The lowest BCUT2D eigenvalue weighted by Gasteiger charge is -2.13. The number of aromatic nitrogens is 1. The Hall–Kier alpha value is -2.36. The van der Waals surface area contributed by atoms with E-state index < -0.39 is 0 Å². The van der Waals surface area contributed by atoms with Crippen molar-refractivity contribution >= 4 is 17.4 Å². The minimum Gasteiger partial charge on any atom is -0.383 e. The summed E-state index contributed by atoms with van der Waals surface area (Å²) in [7, 11) is 0. The molecule has 1 aromatic carbocycles.